The Bertz CT molecular complexity index is 543. The minimum absolute atomic E-state index is 0.0312. The lowest BCUT2D eigenvalue weighted by molar-refractivity contribution is -0.132. The summed E-state index contributed by atoms with van der Waals surface area (Å²) in [6.45, 7) is 3.28. The zero-order valence-electron chi connectivity index (χ0n) is 9.47. The number of sulfonamides is 1. The van der Waals surface area contributed by atoms with E-state index in [0.717, 1.165) is 5.56 Å². The molecule has 0 heterocycles. The highest BCUT2D eigenvalue weighted by Gasteiger charge is 2.18. The number of carbonyl (C=O) groups is 1. The summed E-state index contributed by atoms with van der Waals surface area (Å²) >= 11 is 0. The smallest absolute Gasteiger partial charge is 0.352 e. The highest BCUT2D eigenvalue weighted by Crippen LogP contribution is 2.11. The summed E-state index contributed by atoms with van der Waals surface area (Å²) in [5.41, 5.74) is 0.555. The maximum atomic E-state index is 11.8. The molecular weight excluding hydrogens is 242 g/mol. The van der Waals surface area contributed by atoms with Crippen LogP contribution in [0.1, 0.15) is 12.5 Å². The summed E-state index contributed by atoms with van der Waals surface area (Å²) < 4.78 is 25.6. The third-order valence-electron chi connectivity index (χ3n) is 2.09. The van der Waals surface area contributed by atoms with Gasteiger partial charge in [-0.2, -0.15) is 0 Å². The Labute approximate surface area is 99.8 Å². The van der Waals surface area contributed by atoms with Gasteiger partial charge in [-0.3, -0.25) is 4.72 Å². The summed E-state index contributed by atoms with van der Waals surface area (Å²) in [4.78, 5) is 10.7. The SMILES string of the molecule is CC=C(NS(=O)(=O)c1ccc(C)cc1)C(=O)O. The fraction of sp³-hybridized carbons (Fsp3) is 0.182. The molecule has 0 atom stereocenters. The van der Waals surface area contributed by atoms with Crippen LogP contribution in [0.4, 0.5) is 0 Å². The molecule has 5 nitrogen and oxygen atoms in total. The molecule has 0 aliphatic heterocycles. The Morgan fingerprint density at radius 1 is 1.29 bits per heavy atom. The van der Waals surface area contributed by atoms with Gasteiger partial charge in [-0.1, -0.05) is 23.8 Å². The van der Waals surface area contributed by atoms with Gasteiger partial charge in [-0.25, -0.2) is 13.2 Å². The molecular formula is C11H13NO4S. The molecule has 0 amide bonds. The molecule has 0 radical (unpaired) electrons. The largest absolute Gasteiger partial charge is 0.477 e. The molecule has 0 spiro atoms. The van der Waals surface area contributed by atoms with Gasteiger partial charge >= 0.3 is 5.97 Å². The van der Waals surface area contributed by atoms with Crippen LogP contribution in [0.5, 0.6) is 0 Å². The van der Waals surface area contributed by atoms with E-state index in [1.807, 2.05) is 11.6 Å². The summed E-state index contributed by atoms with van der Waals surface area (Å²) in [5.74, 6) is -1.32. The number of nitrogens with one attached hydrogen (secondary N) is 1. The Balaban J connectivity index is 3.05. The monoisotopic (exact) mass is 255 g/mol. The number of rotatable bonds is 4. The average Bonchev–Trinajstić information content (AvgIpc) is 2.26. The van der Waals surface area contributed by atoms with Gasteiger partial charge in [0.2, 0.25) is 0 Å². The molecule has 0 unspecified atom stereocenters. The van der Waals surface area contributed by atoms with Crippen LogP contribution >= 0.6 is 0 Å². The van der Waals surface area contributed by atoms with Crippen LogP contribution < -0.4 is 4.72 Å². The number of benzene rings is 1. The molecule has 17 heavy (non-hydrogen) atoms. The van der Waals surface area contributed by atoms with Crippen LogP contribution in [0.15, 0.2) is 40.9 Å². The van der Waals surface area contributed by atoms with Crippen molar-refractivity contribution in [1.29, 1.82) is 0 Å². The van der Waals surface area contributed by atoms with Crippen LogP contribution in [0.3, 0.4) is 0 Å². The van der Waals surface area contributed by atoms with Crippen LogP contribution in [0.2, 0.25) is 0 Å². The quantitative estimate of drug-likeness (QED) is 0.793. The van der Waals surface area contributed by atoms with E-state index < -0.39 is 16.0 Å². The average molecular weight is 255 g/mol. The highest BCUT2D eigenvalue weighted by molar-refractivity contribution is 7.89. The molecule has 0 aromatic heterocycles. The van der Waals surface area contributed by atoms with E-state index >= 15 is 0 Å². The van der Waals surface area contributed by atoms with Crippen molar-refractivity contribution in [2.75, 3.05) is 0 Å². The third kappa shape index (κ3) is 3.32. The standard InChI is InChI=1S/C11H13NO4S/c1-3-10(11(13)14)12-17(15,16)9-6-4-8(2)5-7-9/h3-7,12H,1-2H3,(H,13,14). The minimum atomic E-state index is -3.83. The molecule has 1 aromatic carbocycles. The van der Waals surface area contributed by atoms with Crippen molar-refractivity contribution in [3.05, 3.63) is 41.6 Å². The first kappa shape index (κ1) is 13.2. The predicted molar refractivity (Wildman–Crippen MR) is 62.9 cm³/mol. The molecule has 0 bridgehead atoms. The number of hydrogen-bond donors (Lipinski definition) is 2. The van der Waals surface area contributed by atoms with E-state index in [0.29, 0.717) is 0 Å². The normalized spacial score (nSPS) is 12.2. The fourth-order valence-electron chi connectivity index (χ4n) is 1.15. The third-order valence-corrected chi connectivity index (χ3v) is 3.48. The van der Waals surface area contributed by atoms with Crippen LogP contribution in [0, 0.1) is 6.92 Å². The van der Waals surface area contributed by atoms with E-state index in [1.54, 1.807) is 12.1 Å². The molecule has 0 saturated heterocycles. The van der Waals surface area contributed by atoms with E-state index in [4.69, 9.17) is 5.11 Å². The molecule has 6 heteroatoms. The number of aliphatic carboxylic acids is 1. The van der Waals surface area contributed by atoms with Gasteiger partial charge in [-0.15, -0.1) is 0 Å². The Morgan fingerprint density at radius 3 is 2.24 bits per heavy atom. The maximum absolute atomic E-state index is 11.8. The number of carboxylic acid groups (broad SMARTS) is 1. The lowest BCUT2D eigenvalue weighted by atomic mass is 10.2. The number of hydrogen-bond acceptors (Lipinski definition) is 3. The first-order valence-corrected chi connectivity index (χ1v) is 6.34. The van der Waals surface area contributed by atoms with Gasteiger partial charge in [0, 0.05) is 0 Å². The van der Waals surface area contributed by atoms with Gasteiger partial charge in [0.25, 0.3) is 10.0 Å². The lowest BCUT2D eigenvalue weighted by Gasteiger charge is -2.08. The van der Waals surface area contributed by atoms with Crippen LogP contribution in [0.25, 0.3) is 0 Å². The Morgan fingerprint density at radius 2 is 1.82 bits per heavy atom. The van der Waals surface area contributed by atoms with Crippen molar-refractivity contribution in [1.82, 2.24) is 4.72 Å². The van der Waals surface area contributed by atoms with Crippen molar-refractivity contribution in [2.45, 2.75) is 18.7 Å². The molecule has 0 aliphatic rings. The van der Waals surface area contributed by atoms with E-state index in [-0.39, 0.29) is 10.6 Å². The van der Waals surface area contributed by atoms with Gasteiger partial charge in [0.1, 0.15) is 5.70 Å². The molecule has 2 N–H and O–H groups in total. The van der Waals surface area contributed by atoms with Crippen molar-refractivity contribution in [2.24, 2.45) is 0 Å². The first-order valence-electron chi connectivity index (χ1n) is 4.86. The number of aryl methyl sites for hydroxylation is 1. The summed E-state index contributed by atoms with van der Waals surface area (Å²) in [6.07, 6.45) is 1.19. The van der Waals surface area contributed by atoms with Crippen molar-refractivity contribution in [3.8, 4) is 0 Å². The second kappa shape index (κ2) is 5.01. The second-order valence-corrected chi connectivity index (χ2v) is 5.11. The zero-order valence-corrected chi connectivity index (χ0v) is 10.3. The number of allylic oxidation sites excluding steroid dienone is 1. The molecule has 0 fully saturated rings. The number of carboxylic acids is 1. The Kier molecular flexibility index (Phi) is 3.90. The topological polar surface area (TPSA) is 83.5 Å². The maximum Gasteiger partial charge on any atom is 0.352 e. The van der Waals surface area contributed by atoms with Gasteiger partial charge < -0.3 is 5.11 Å². The van der Waals surface area contributed by atoms with Crippen molar-refractivity contribution >= 4 is 16.0 Å². The minimum Gasteiger partial charge on any atom is -0.477 e. The summed E-state index contributed by atoms with van der Waals surface area (Å²) in [6, 6.07) is 6.13. The molecule has 92 valence electrons. The highest BCUT2D eigenvalue weighted by atomic mass is 32.2. The molecule has 1 rings (SSSR count). The second-order valence-electron chi connectivity index (χ2n) is 3.43. The predicted octanol–water partition coefficient (Wildman–Crippen LogP) is 1.26. The van der Waals surface area contributed by atoms with Gasteiger partial charge in [0.15, 0.2) is 0 Å². The van der Waals surface area contributed by atoms with Gasteiger partial charge in [-0.05, 0) is 26.0 Å². The van der Waals surface area contributed by atoms with Crippen molar-refractivity contribution < 1.29 is 18.3 Å². The zero-order chi connectivity index (χ0) is 13.1. The summed E-state index contributed by atoms with van der Waals surface area (Å²) in [5, 5.41) is 8.73. The molecule has 0 saturated carbocycles. The molecule has 0 aliphatic carbocycles. The van der Waals surface area contributed by atoms with E-state index in [9.17, 15) is 13.2 Å². The van der Waals surface area contributed by atoms with Crippen LogP contribution in [-0.4, -0.2) is 19.5 Å². The fourth-order valence-corrected chi connectivity index (χ4v) is 2.25. The van der Waals surface area contributed by atoms with Crippen molar-refractivity contribution in [3.63, 3.8) is 0 Å². The molecule has 1 aromatic rings. The Hall–Kier alpha value is -1.82. The van der Waals surface area contributed by atoms with Gasteiger partial charge in [0.05, 0.1) is 4.90 Å². The summed E-state index contributed by atoms with van der Waals surface area (Å²) in [7, 11) is -3.83. The van der Waals surface area contributed by atoms with E-state index in [2.05, 4.69) is 0 Å². The van der Waals surface area contributed by atoms with E-state index in [1.165, 1.54) is 25.1 Å². The van der Waals surface area contributed by atoms with Crippen LogP contribution in [-0.2, 0) is 14.8 Å². The first-order chi connectivity index (χ1) is 7.86. The lowest BCUT2D eigenvalue weighted by Crippen LogP contribution is -2.27.